The molecule has 0 bridgehead atoms. The molecule has 0 aliphatic carbocycles. The van der Waals surface area contributed by atoms with Gasteiger partial charge in [0.15, 0.2) is 0 Å². The molecule has 1 atom stereocenters. The molecule has 33 heavy (non-hydrogen) atoms. The molecule has 0 aromatic heterocycles. The van der Waals surface area contributed by atoms with Crippen LogP contribution in [0.1, 0.15) is 18.1 Å². The maximum atomic E-state index is 13.2. The lowest BCUT2D eigenvalue weighted by Gasteiger charge is -2.39. The quantitative estimate of drug-likeness (QED) is 0.745. The second-order valence-electron chi connectivity index (χ2n) is 8.49. The fourth-order valence-electron chi connectivity index (χ4n) is 4.35. The second kappa shape index (κ2) is 9.52. The molecule has 9 heteroatoms. The zero-order chi connectivity index (χ0) is 23.6. The van der Waals surface area contributed by atoms with Crippen molar-refractivity contribution in [3.8, 4) is 0 Å². The summed E-state index contributed by atoms with van der Waals surface area (Å²) in [6, 6.07) is 12.9. The van der Waals surface area contributed by atoms with Crippen molar-refractivity contribution in [2.24, 2.45) is 0 Å². The monoisotopic (exact) mass is 460 g/mol. The number of alkyl halides is 3. The number of halogens is 3. The van der Waals surface area contributed by atoms with Crippen molar-refractivity contribution < 1.29 is 22.8 Å². The highest BCUT2D eigenvalue weighted by molar-refractivity contribution is 6.11. The minimum Gasteiger partial charge on any atom is -0.323 e. The normalized spacial score (nSPS) is 18.5. The van der Waals surface area contributed by atoms with Gasteiger partial charge in [-0.3, -0.25) is 19.4 Å². The summed E-state index contributed by atoms with van der Waals surface area (Å²) in [7, 11) is 0. The van der Waals surface area contributed by atoms with Gasteiger partial charge in [0, 0.05) is 32.7 Å². The Hall–Kier alpha value is -2.91. The van der Waals surface area contributed by atoms with Crippen LogP contribution in [0.5, 0.6) is 0 Å². The molecular weight excluding hydrogens is 433 g/mol. The third-order valence-electron chi connectivity index (χ3n) is 6.33. The summed E-state index contributed by atoms with van der Waals surface area (Å²) < 4.78 is 39.2. The Labute approximate surface area is 191 Å². The van der Waals surface area contributed by atoms with E-state index in [1.807, 2.05) is 18.2 Å². The first kappa shape index (κ1) is 23.3. The highest BCUT2D eigenvalue weighted by atomic mass is 19.4. The van der Waals surface area contributed by atoms with E-state index in [1.165, 1.54) is 16.5 Å². The number of rotatable bonds is 5. The summed E-state index contributed by atoms with van der Waals surface area (Å²) in [5, 5.41) is 2.46. The number of nitrogens with one attached hydrogen (secondary N) is 1. The number of piperazine rings is 1. The Bertz CT molecular complexity index is 1000. The van der Waals surface area contributed by atoms with E-state index in [4.69, 9.17) is 0 Å². The fraction of sp³-hybridized carbons (Fsp3) is 0.417. The van der Waals surface area contributed by atoms with E-state index in [9.17, 15) is 22.8 Å². The summed E-state index contributed by atoms with van der Waals surface area (Å²) in [4.78, 5) is 31.1. The number of amides is 2. The lowest BCUT2D eigenvalue weighted by atomic mass is 10.1. The number of carbonyl (C=O) groups is 2. The first-order valence-electron chi connectivity index (χ1n) is 11.0. The molecule has 0 radical (unpaired) electrons. The van der Waals surface area contributed by atoms with Crippen LogP contribution in [-0.4, -0.2) is 66.9 Å². The van der Waals surface area contributed by atoms with Crippen LogP contribution in [0.4, 0.5) is 24.5 Å². The minimum absolute atomic E-state index is 0.00681. The molecule has 0 unspecified atom stereocenters. The molecule has 1 N–H and O–H groups in total. The molecule has 176 valence electrons. The first-order chi connectivity index (χ1) is 15.7. The van der Waals surface area contributed by atoms with Crippen molar-refractivity contribution in [2.75, 3.05) is 49.5 Å². The van der Waals surface area contributed by atoms with Gasteiger partial charge in [0.25, 0.3) is 0 Å². The van der Waals surface area contributed by atoms with Gasteiger partial charge >= 0.3 is 6.18 Å². The smallest absolute Gasteiger partial charge is 0.323 e. The van der Waals surface area contributed by atoms with E-state index in [-0.39, 0.29) is 18.1 Å². The van der Waals surface area contributed by atoms with E-state index in [1.54, 1.807) is 6.92 Å². The van der Waals surface area contributed by atoms with E-state index < -0.39 is 23.7 Å². The SMILES string of the molecule is C[C@@H](C(=O)N1CC(=O)Nc2cc(C(F)(F)F)ccc21)N1CCN(CCc2ccccc2)CC1. The Morgan fingerprint density at radius 2 is 1.76 bits per heavy atom. The van der Waals surface area contributed by atoms with Crippen LogP contribution in [0.15, 0.2) is 48.5 Å². The lowest BCUT2D eigenvalue weighted by molar-refractivity contribution is -0.137. The third-order valence-corrected chi connectivity index (χ3v) is 6.33. The molecule has 2 heterocycles. The van der Waals surface area contributed by atoms with Gasteiger partial charge in [-0.25, -0.2) is 0 Å². The van der Waals surface area contributed by atoms with Gasteiger partial charge in [0.05, 0.1) is 23.0 Å². The van der Waals surface area contributed by atoms with E-state index in [0.29, 0.717) is 18.8 Å². The number of nitrogens with zero attached hydrogens (tertiary/aromatic N) is 3. The van der Waals surface area contributed by atoms with Crippen LogP contribution in [-0.2, 0) is 22.2 Å². The summed E-state index contributed by atoms with van der Waals surface area (Å²) in [6.45, 7) is 5.61. The van der Waals surface area contributed by atoms with Crippen LogP contribution in [0.3, 0.4) is 0 Å². The predicted octanol–water partition coefficient (Wildman–Crippen LogP) is 3.24. The van der Waals surface area contributed by atoms with Crippen molar-refractivity contribution in [1.29, 1.82) is 0 Å². The number of hydrogen-bond acceptors (Lipinski definition) is 4. The van der Waals surface area contributed by atoms with Crippen LogP contribution in [0, 0.1) is 0 Å². The molecule has 1 fully saturated rings. The van der Waals surface area contributed by atoms with Gasteiger partial charge in [-0.05, 0) is 37.1 Å². The highest BCUT2D eigenvalue weighted by Gasteiger charge is 2.36. The number of carbonyl (C=O) groups excluding carboxylic acids is 2. The van der Waals surface area contributed by atoms with Gasteiger partial charge in [0.1, 0.15) is 6.54 Å². The molecule has 0 spiro atoms. The number of hydrogen-bond donors (Lipinski definition) is 1. The second-order valence-corrected chi connectivity index (χ2v) is 8.49. The largest absolute Gasteiger partial charge is 0.416 e. The summed E-state index contributed by atoms with van der Waals surface area (Å²) in [5.41, 5.74) is 0.725. The van der Waals surface area contributed by atoms with Gasteiger partial charge in [-0.15, -0.1) is 0 Å². The lowest BCUT2D eigenvalue weighted by Crippen LogP contribution is -2.56. The fourth-order valence-corrected chi connectivity index (χ4v) is 4.35. The van der Waals surface area contributed by atoms with Crippen molar-refractivity contribution >= 4 is 23.2 Å². The van der Waals surface area contributed by atoms with Crippen molar-refractivity contribution in [3.63, 3.8) is 0 Å². The third kappa shape index (κ3) is 5.36. The topological polar surface area (TPSA) is 55.9 Å². The minimum atomic E-state index is -4.53. The van der Waals surface area contributed by atoms with Gasteiger partial charge in [-0.1, -0.05) is 30.3 Å². The highest BCUT2D eigenvalue weighted by Crippen LogP contribution is 2.37. The molecule has 4 rings (SSSR count). The Balaban J connectivity index is 1.38. The van der Waals surface area contributed by atoms with E-state index in [0.717, 1.165) is 38.2 Å². The van der Waals surface area contributed by atoms with Gasteiger partial charge < -0.3 is 10.2 Å². The molecule has 6 nitrogen and oxygen atoms in total. The molecule has 0 saturated carbocycles. The first-order valence-corrected chi connectivity index (χ1v) is 11.0. The number of anilines is 2. The number of fused-ring (bicyclic) bond motifs is 1. The van der Waals surface area contributed by atoms with Crippen LogP contribution >= 0.6 is 0 Å². The predicted molar refractivity (Wildman–Crippen MR) is 120 cm³/mol. The summed E-state index contributed by atoms with van der Waals surface area (Å²) in [6.07, 6.45) is -3.56. The molecule has 2 amide bonds. The van der Waals surface area contributed by atoms with E-state index >= 15 is 0 Å². The van der Waals surface area contributed by atoms with Crippen molar-refractivity contribution in [3.05, 3.63) is 59.7 Å². The van der Waals surface area contributed by atoms with Crippen LogP contribution in [0.25, 0.3) is 0 Å². The molecular formula is C24H27F3N4O2. The molecule has 2 aromatic carbocycles. The summed E-state index contributed by atoms with van der Waals surface area (Å²) >= 11 is 0. The Morgan fingerprint density at radius 1 is 1.06 bits per heavy atom. The van der Waals surface area contributed by atoms with Gasteiger partial charge in [-0.2, -0.15) is 13.2 Å². The zero-order valence-electron chi connectivity index (χ0n) is 18.4. The molecule has 2 aliphatic rings. The summed E-state index contributed by atoms with van der Waals surface area (Å²) in [5.74, 6) is -0.795. The molecule has 2 aromatic rings. The number of benzene rings is 2. The maximum Gasteiger partial charge on any atom is 0.416 e. The van der Waals surface area contributed by atoms with Crippen LogP contribution in [0.2, 0.25) is 0 Å². The van der Waals surface area contributed by atoms with E-state index in [2.05, 4.69) is 27.2 Å². The van der Waals surface area contributed by atoms with Crippen molar-refractivity contribution in [1.82, 2.24) is 9.80 Å². The average Bonchev–Trinajstić information content (AvgIpc) is 2.81. The molecule has 2 aliphatic heterocycles. The van der Waals surface area contributed by atoms with Crippen molar-refractivity contribution in [2.45, 2.75) is 25.6 Å². The maximum absolute atomic E-state index is 13.2. The standard InChI is InChI=1S/C24H27F3N4O2/c1-17(30-13-11-29(12-14-30)10-9-18-5-3-2-4-6-18)23(33)31-16-22(32)28-20-15-19(24(25,26)27)7-8-21(20)31/h2-8,15,17H,9-14,16H2,1H3,(H,28,32)/t17-/m0/s1. The Morgan fingerprint density at radius 3 is 2.42 bits per heavy atom. The Kier molecular flexibility index (Phi) is 6.71. The zero-order valence-corrected chi connectivity index (χ0v) is 18.4. The van der Waals surface area contributed by atoms with Crippen LogP contribution < -0.4 is 10.2 Å². The molecule has 1 saturated heterocycles. The average molecular weight is 461 g/mol. The van der Waals surface area contributed by atoms with Gasteiger partial charge in [0.2, 0.25) is 11.8 Å².